The van der Waals surface area contributed by atoms with Gasteiger partial charge in [-0.2, -0.15) is 0 Å². The number of aliphatic hydroxyl groups is 1. The van der Waals surface area contributed by atoms with Crippen LogP contribution in [0.4, 0.5) is 0 Å². The lowest BCUT2D eigenvalue weighted by molar-refractivity contribution is 0.00445. The maximum absolute atomic E-state index is 10.3. The van der Waals surface area contributed by atoms with Gasteiger partial charge in [0.1, 0.15) is 12.7 Å². The Labute approximate surface area is 172 Å². The summed E-state index contributed by atoms with van der Waals surface area (Å²) in [7, 11) is 3.71. The predicted molar refractivity (Wildman–Crippen MR) is 111 cm³/mol. The Morgan fingerprint density at radius 1 is 1.17 bits per heavy atom. The second-order valence-corrected chi connectivity index (χ2v) is 7.40. The zero-order chi connectivity index (χ0) is 20.5. The average molecular weight is 402 g/mol. The standard InChI is InChI=1S/C22H31N3O4/c1-24(15-19-4-3-7-23-13-19)14-18-5-6-21(22(12-18)27-2)29-17-20(26)16-25-8-10-28-11-9-25/h3-7,12-13,20,26H,8-11,14-17H2,1-2H3/t20-/m1/s1. The van der Waals surface area contributed by atoms with Crippen molar-refractivity contribution >= 4 is 0 Å². The third-order valence-electron chi connectivity index (χ3n) is 4.86. The van der Waals surface area contributed by atoms with Crippen molar-refractivity contribution in [1.29, 1.82) is 0 Å². The summed E-state index contributed by atoms with van der Waals surface area (Å²) in [5.74, 6) is 1.32. The Balaban J connectivity index is 1.51. The van der Waals surface area contributed by atoms with E-state index < -0.39 is 6.10 Å². The highest BCUT2D eigenvalue weighted by Crippen LogP contribution is 2.28. The lowest BCUT2D eigenvalue weighted by atomic mass is 10.1. The van der Waals surface area contributed by atoms with Gasteiger partial charge in [0.15, 0.2) is 11.5 Å². The average Bonchev–Trinajstić information content (AvgIpc) is 2.74. The van der Waals surface area contributed by atoms with Crippen molar-refractivity contribution < 1.29 is 19.3 Å². The van der Waals surface area contributed by atoms with E-state index in [-0.39, 0.29) is 6.61 Å². The van der Waals surface area contributed by atoms with Gasteiger partial charge in [0.05, 0.1) is 20.3 Å². The van der Waals surface area contributed by atoms with Crippen molar-refractivity contribution in [2.45, 2.75) is 19.2 Å². The molecule has 1 aromatic heterocycles. The molecule has 1 saturated heterocycles. The fourth-order valence-corrected chi connectivity index (χ4v) is 3.42. The van der Waals surface area contributed by atoms with E-state index >= 15 is 0 Å². The largest absolute Gasteiger partial charge is 0.493 e. The maximum atomic E-state index is 10.3. The smallest absolute Gasteiger partial charge is 0.161 e. The summed E-state index contributed by atoms with van der Waals surface area (Å²) in [6.45, 7) is 5.56. The molecule has 0 amide bonds. The molecule has 2 heterocycles. The minimum Gasteiger partial charge on any atom is -0.493 e. The topological polar surface area (TPSA) is 67.3 Å². The molecule has 1 fully saturated rings. The number of morpholine rings is 1. The number of methoxy groups -OCH3 is 1. The molecule has 1 aliphatic rings. The molecule has 29 heavy (non-hydrogen) atoms. The van der Waals surface area contributed by atoms with Crippen LogP contribution >= 0.6 is 0 Å². The van der Waals surface area contributed by atoms with Gasteiger partial charge in [-0.25, -0.2) is 0 Å². The van der Waals surface area contributed by atoms with Crippen LogP contribution in [0.25, 0.3) is 0 Å². The fraction of sp³-hybridized carbons (Fsp3) is 0.500. The van der Waals surface area contributed by atoms with Crippen molar-refractivity contribution in [2.75, 3.05) is 53.6 Å². The van der Waals surface area contributed by atoms with E-state index in [1.807, 2.05) is 30.5 Å². The molecule has 0 aliphatic carbocycles. The van der Waals surface area contributed by atoms with E-state index in [2.05, 4.69) is 27.9 Å². The number of hydrogen-bond donors (Lipinski definition) is 1. The molecule has 0 unspecified atom stereocenters. The third kappa shape index (κ3) is 6.97. The second-order valence-electron chi connectivity index (χ2n) is 7.40. The molecule has 7 nitrogen and oxygen atoms in total. The van der Waals surface area contributed by atoms with Crippen LogP contribution in [0.2, 0.25) is 0 Å². The van der Waals surface area contributed by atoms with Crippen LogP contribution in [0.3, 0.4) is 0 Å². The van der Waals surface area contributed by atoms with Gasteiger partial charge in [-0.1, -0.05) is 12.1 Å². The molecule has 0 saturated carbocycles. The van der Waals surface area contributed by atoms with Gasteiger partial charge >= 0.3 is 0 Å². The van der Waals surface area contributed by atoms with Crippen LogP contribution in [0.15, 0.2) is 42.7 Å². The molecule has 2 aromatic rings. The first-order chi connectivity index (χ1) is 14.1. The molecule has 7 heteroatoms. The van der Waals surface area contributed by atoms with E-state index in [1.165, 1.54) is 5.56 Å². The molecule has 3 rings (SSSR count). The van der Waals surface area contributed by atoms with Gasteiger partial charge < -0.3 is 19.3 Å². The molecular formula is C22H31N3O4. The summed E-state index contributed by atoms with van der Waals surface area (Å²) in [4.78, 5) is 8.57. The van der Waals surface area contributed by atoms with Gasteiger partial charge in [-0.15, -0.1) is 0 Å². The molecule has 0 spiro atoms. The Morgan fingerprint density at radius 2 is 1.97 bits per heavy atom. The SMILES string of the molecule is COc1cc(CN(C)Cc2cccnc2)ccc1OC[C@H](O)CN1CCOCC1. The summed E-state index contributed by atoms with van der Waals surface area (Å²) in [5.41, 5.74) is 2.31. The Bertz CT molecular complexity index is 738. The highest BCUT2D eigenvalue weighted by atomic mass is 16.5. The quantitative estimate of drug-likeness (QED) is 0.651. The normalized spacial score (nSPS) is 16.0. The molecule has 1 N–H and O–H groups in total. The maximum Gasteiger partial charge on any atom is 0.161 e. The van der Waals surface area contributed by atoms with Gasteiger partial charge in [-0.05, 0) is 36.4 Å². The zero-order valence-corrected chi connectivity index (χ0v) is 17.3. The number of rotatable bonds is 10. The van der Waals surface area contributed by atoms with Gasteiger partial charge in [0, 0.05) is 45.1 Å². The number of benzene rings is 1. The molecule has 158 valence electrons. The number of hydrogen-bond acceptors (Lipinski definition) is 7. The molecular weight excluding hydrogens is 370 g/mol. The third-order valence-corrected chi connectivity index (χ3v) is 4.86. The molecule has 0 radical (unpaired) electrons. The number of β-amino-alcohol motifs (C(OH)–C–C–N with tert-alkyl or cyclic N) is 1. The first kappa shape index (κ1) is 21.5. The van der Waals surface area contributed by atoms with Crippen LogP contribution in [-0.2, 0) is 17.8 Å². The van der Waals surface area contributed by atoms with Gasteiger partial charge in [-0.3, -0.25) is 14.8 Å². The van der Waals surface area contributed by atoms with Gasteiger partial charge in [0.2, 0.25) is 0 Å². The first-order valence-electron chi connectivity index (χ1n) is 9.99. The number of nitrogens with zero attached hydrogens (tertiary/aromatic N) is 3. The molecule has 1 aliphatic heterocycles. The van der Waals surface area contributed by atoms with Crippen LogP contribution in [-0.4, -0.2) is 79.6 Å². The van der Waals surface area contributed by atoms with Crippen LogP contribution in [0.1, 0.15) is 11.1 Å². The fourth-order valence-electron chi connectivity index (χ4n) is 3.42. The summed E-state index contributed by atoms with van der Waals surface area (Å²) in [6.07, 6.45) is 3.12. The highest BCUT2D eigenvalue weighted by molar-refractivity contribution is 5.43. The van der Waals surface area contributed by atoms with Crippen molar-refractivity contribution in [3.63, 3.8) is 0 Å². The number of aromatic nitrogens is 1. The van der Waals surface area contributed by atoms with E-state index in [9.17, 15) is 5.11 Å². The summed E-state index contributed by atoms with van der Waals surface area (Å²) >= 11 is 0. The number of ether oxygens (including phenoxy) is 3. The Morgan fingerprint density at radius 3 is 2.69 bits per heavy atom. The molecule has 1 atom stereocenters. The van der Waals surface area contributed by atoms with Crippen molar-refractivity contribution in [2.24, 2.45) is 0 Å². The van der Waals surface area contributed by atoms with Crippen molar-refractivity contribution in [3.8, 4) is 11.5 Å². The number of aliphatic hydroxyl groups excluding tert-OH is 1. The van der Waals surface area contributed by atoms with Crippen molar-refractivity contribution in [1.82, 2.24) is 14.8 Å². The minimum atomic E-state index is -0.553. The summed E-state index contributed by atoms with van der Waals surface area (Å²) < 4.78 is 16.7. The first-order valence-corrected chi connectivity index (χ1v) is 9.99. The predicted octanol–water partition coefficient (Wildman–Crippen LogP) is 1.79. The number of pyridine rings is 1. The Hall–Kier alpha value is -2.19. The van der Waals surface area contributed by atoms with Crippen LogP contribution in [0.5, 0.6) is 11.5 Å². The lowest BCUT2D eigenvalue weighted by Crippen LogP contribution is -2.42. The minimum absolute atomic E-state index is 0.230. The summed E-state index contributed by atoms with van der Waals surface area (Å²) in [5, 5.41) is 10.3. The summed E-state index contributed by atoms with van der Waals surface area (Å²) in [6, 6.07) is 9.96. The van der Waals surface area contributed by atoms with Crippen LogP contribution in [0, 0.1) is 0 Å². The molecule has 0 bridgehead atoms. The van der Waals surface area contributed by atoms with Gasteiger partial charge in [0.25, 0.3) is 0 Å². The van der Waals surface area contributed by atoms with Crippen molar-refractivity contribution in [3.05, 3.63) is 53.9 Å². The van der Waals surface area contributed by atoms with E-state index in [0.29, 0.717) is 18.0 Å². The second kappa shape index (κ2) is 11.1. The van der Waals surface area contributed by atoms with E-state index in [0.717, 1.165) is 45.0 Å². The zero-order valence-electron chi connectivity index (χ0n) is 17.3. The highest BCUT2D eigenvalue weighted by Gasteiger charge is 2.16. The monoisotopic (exact) mass is 401 g/mol. The molecule has 1 aromatic carbocycles. The van der Waals surface area contributed by atoms with E-state index in [4.69, 9.17) is 14.2 Å². The Kier molecular flexibility index (Phi) is 8.25. The van der Waals surface area contributed by atoms with E-state index in [1.54, 1.807) is 13.3 Å². The lowest BCUT2D eigenvalue weighted by Gasteiger charge is -2.28. The van der Waals surface area contributed by atoms with Crippen LogP contribution < -0.4 is 9.47 Å².